The minimum absolute atomic E-state index is 0.0232. The SMILES string of the molecule is Cc1ccc2c(c1)N[C@@H](c1c(F)cccc1Cl)C1=C(CC(C)(C)CC1=O)N2. The summed E-state index contributed by atoms with van der Waals surface area (Å²) in [6, 6.07) is 9.99. The van der Waals surface area contributed by atoms with Gasteiger partial charge in [0.25, 0.3) is 0 Å². The molecule has 5 heteroatoms. The average molecular weight is 385 g/mol. The second-order valence-corrected chi connectivity index (χ2v) is 8.63. The Morgan fingerprint density at radius 2 is 1.93 bits per heavy atom. The first-order chi connectivity index (χ1) is 12.7. The zero-order chi connectivity index (χ0) is 19.3. The number of carbonyl (C=O) groups is 1. The molecule has 27 heavy (non-hydrogen) atoms. The number of allylic oxidation sites excluding steroid dienone is 1. The van der Waals surface area contributed by atoms with Crippen LogP contribution in [0.3, 0.4) is 0 Å². The van der Waals surface area contributed by atoms with Crippen LogP contribution in [0.2, 0.25) is 5.02 Å². The maximum atomic E-state index is 14.8. The monoisotopic (exact) mass is 384 g/mol. The van der Waals surface area contributed by atoms with Crippen molar-refractivity contribution in [2.75, 3.05) is 10.6 Å². The van der Waals surface area contributed by atoms with Crippen LogP contribution in [-0.2, 0) is 4.79 Å². The summed E-state index contributed by atoms with van der Waals surface area (Å²) in [4.78, 5) is 13.1. The minimum Gasteiger partial charge on any atom is -0.372 e. The lowest BCUT2D eigenvalue weighted by atomic mass is 9.73. The largest absolute Gasteiger partial charge is 0.372 e. The molecule has 1 atom stereocenters. The molecule has 1 heterocycles. The van der Waals surface area contributed by atoms with Gasteiger partial charge in [-0.2, -0.15) is 0 Å². The van der Waals surface area contributed by atoms with E-state index < -0.39 is 11.9 Å². The van der Waals surface area contributed by atoms with Gasteiger partial charge in [-0.25, -0.2) is 4.39 Å². The number of rotatable bonds is 1. The first-order valence-corrected chi connectivity index (χ1v) is 9.47. The van der Waals surface area contributed by atoms with E-state index in [9.17, 15) is 9.18 Å². The molecule has 140 valence electrons. The van der Waals surface area contributed by atoms with Gasteiger partial charge in [0.05, 0.1) is 17.4 Å². The van der Waals surface area contributed by atoms with Crippen LogP contribution < -0.4 is 10.6 Å². The van der Waals surface area contributed by atoms with Gasteiger partial charge in [0, 0.05) is 28.3 Å². The second-order valence-electron chi connectivity index (χ2n) is 8.22. The van der Waals surface area contributed by atoms with Crippen LogP contribution in [0, 0.1) is 18.2 Å². The Balaban J connectivity index is 1.95. The number of ketones is 1. The van der Waals surface area contributed by atoms with Crippen LogP contribution in [0.1, 0.15) is 43.9 Å². The molecule has 0 fully saturated rings. The average Bonchev–Trinajstić information content (AvgIpc) is 2.69. The lowest BCUT2D eigenvalue weighted by Gasteiger charge is -2.34. The number of halogens is 2. The number of Topliss-reactive ketones (excluding diaryl/α,β-unsaturated/α-hetero) is 1. The topological polar surface area (TPSA) is 41.1 Å². The lowest BCUT2D eigenvalue weighted by Crippen LogP contribution is -2.31. The molecule has 0 bridgehead atoms. The van der Waals surface area contributed by atoms with Crippen LogP contribution in [0.4, 0.5) is 15.8 Å². The van der Waals surface area contributed by atoms with E-state index in [-0.39, 0.29) is 11.2 Å². The van der Waals surface area contributed by atoms with Gasteiger partial charge in [-0.15, -0.1) is 0 Å². The summed E-state index contributed by atoms with van der Waals surface area (Å²) in [5.41, 5.74) is 4.38. The van der Waals surface area contributed by atoms with Crippen molar-refractivity contribution in [3.8, 4) is 0 Å². The number of aryl methyl sites for hydroxylation is 1. The van der Waals surface area contributed by atoms with E-state index in [1.807, 2.05) is 25.1 Å². The van der Waals surface area contributed by atoms with Gasteiger partial charge < -0.3 is 10.6 Å². The Morgan fingerprint density at radius 1 is 1.15 bits per heavy atom. The van der Waals surface area contributed by atoms with E-state index in [2.05, 4.69) is 24.5 Å². The molecule has 2 aromatic carbocycles. The normalized spacial score (nSPS) is 20.9. The Hall–Kier alpha value is -2.33. The zero-order valence-corrected chi connectivity index (χ0v) is 16.4. The van der Waals surface area contributed by atoms with Crippen molar-refractivity contribution in [3.63, 3.8) is 0 Å². The quantitative estimate of drug-likeness (QED) is 0.632. The van der Waals surface area contributed by atoms with E-state index in [1.54, 1.807) is 12.1 Å². The summed E-state index contributed by atoms with van der Waals surface area (Å²) < 4.78 is 14.8. The third-order valence-electron chi connectivity index (χ3n) is 5.26. The molecular formula is C22H22ClFN2O. The number of hydrogen-bond acceptors (Lipinski definition) is 3. The Bertz CT molecular complexity index is 960. The molecule has 1 aliphatic heterocycles. The van der Waals surface area contributed by atoms with Gasteiger partial charge in [-0.3, -0.25) is 4.79 Å². The standard InChI is InChI=1S/C22H22ClFN2O/c1-12-7-8-15-16(9-12)26-21(19-13(23)5-4-6-14(19)24)20-17(25-15)10-22(2,3)11-18(20)27/h4-9,21,25-26H,10-11H2,1-3H3/t21-/m0/s1. The lowest BCUT2D eigenvalue weighted by molar-refractivity contribution is -0.118. The molecule has 0 aromatic heterocycles. The smallest absolute Gasteiger partial charge is 0.163 e. The predicted molar refractivity (Wildman–Crippen MR) is 108 cm³/mol. The van der Waals surface area contributed by atoms with Crippen molar-refractivity contribution in [2.24, 2.45) is 5.41 Å². The molecule has 0 saturated heterocycles. The van der Waals surface area contributed by atoms with Crippen LogP contribution in [0.15, 0.2) is 47.7 Å². The summed E-state index contributed by atoms with van der Waals surface area (Å²) in [6.07, 6.45) is 1.14. The zero-order valence-electron chi connectivity index (χ0n) is 15.6. The fourth-order valence-corrected chi connectivity index (χ4v) is 4.33. The summed E-state index contributed by atoms with van der Waals surface area (Å²) in [5.74, 6) is -0.393. The summed E-state index contributed by atoms with van der Waals surface area (Å²) >= 11 is 6.38. The van der Waals surface area contributed by atoms with E-state index in [1.165, 1.54) is 6.07 Å². The first kappa shape index (κ1) is 18.1. The van der Waals surface area contributed by atoms with E-state index in [4.69, 9.17) is 11.6 Å². The molecule has 0 radical (unpaired) electrons. The van der Waals surface area contributed by atoms with Gasteiger partial charge in [-0.1, -0.05) is 37.6 Å². The van der Waals surface area contributed by atoms with Gasteiger partial charge in [-0.05, 0) is 48.6 Å². The molecule has 2 aromatic rings. The number of hydrogen-bond donors (Lipinski definition) is 2. The first-order valence-electron chi connectivity index (χ1n) is 9.09. The van der Waals surface area contributed by atoms with E-state index in [0.29, 0.717) is 29.0 Å². The maximum Gasteiger partial charge on any atom is 0.163 e. The Labute approximate surface area is 163 Å². The van der Waals surface area contributed by atoms with Crippen molar-refractivity contribution in [1.82, 2.24) is 0 Å². The minimum atomic E-state index is -0.632. The number of nitrogens with one attached hydrogen (secondary N) is 2. The van der Waals surface area contributed by atoms with Crippen molar-refractivity contribution in [1.29, 1.82) is 0 Å². The fourth-order valence-electron chi connectivity index (χ4n) is 4.06. The summed E-state index contributed by atoms with van der Waals surface area (Å²) in [7, 11) is 0. The van der Waals surface area contributed by atoms with Crippen LogP contribution in [-0.4, -0.2) is 5.78 Å². The highest BCUT2D eigenvalue weighted by atomic mass is 35.5. The summed E-state index contributed by atoms with van der Waals surface area (Å²) in [6.45, 7) is 6.16. The molecule has 0 amide bonds. The molecule has 3 nitrogen and oxygen atoms in total. The molecule has 0 spiro atoms. The number of benzene rings is 2. The fraction of sp³-hybridized carbons (Fsp3) is 0.318. The Kier molecular flexibility index (Phi) is 4.26. The van der Waals surface area contributed by atoms with Gasteiger partial charge >= 0.3 is 0 Å². The Morgan fingerprint density at radius 3 is 2.67 bits per heavy atom. The highest BCUT2D eigenvalue weighted by Gasteiger charge is 2.40. The highest BCUT2D eigenvalue weighted by molar-refractivity contribution is 6.31. The molecule has 2 aliphatic rings. The van der Waals surface area contributed by atoms with Gasteiger partial charge in [0.1, 0.15) is 5.82 Å². The van der Waals surface area contributed by atoms with Crippen molar-refractivity contribution >= 4 is 28.8 Å². The van der Waals surface area contributed by atoms with Crippen molar-refractivity contribution in [3.05, 3.63) is 69.6 Å². The van der Waals surface area contributed by atoms with Crippen LogP contribution in [0.5, 0.6) is 0 Å². The molecule has 4 rings (SSSR count). The third-order valence-corrected chi connectivity index (χ3v) is 5.59. The molecule has 0 saturated carbocycles. The third kappa shape index (κ3) is 3.23. The highest BCUT2D eigenvalue weighted by Crippen LogP contribution is 2.46. The molecule has 1 aliphatic carbocycles. The van der Waals surface area contributed by atoms with Crippen molar-refractivity contribution < 1.29 is 9.18 Å². The molecular weight excluding hydrogens is 363 g/mol. The second kappa shape index (κ2) is 6.38. The van der Waals surface area contributed by atoms with E-state index in [0.717, 1.165) is 22.6 Å². The summed E-state index contributed by atoms with van der Waals surface area (Å²) in [5, 5.41) is 7.15. The molecule has 0 unspecified atom stereocenters. The van der Waals surface area contributed by atoms with Gasteiger partial charge in [0.2, 0.25) is 0 Å². The number of anilines is 2. The predicted octanol–water partition coefficient (Wildman–Crippen LogP) is 6.01. The van der Waals surface area contributed by atoms with Gasteiger partial charge in [0.15, 0.2) is 5.78 Å². The molecule has 2 N–H and O–H groups in total. The number of fused-ring (bicyclic) bond motifs is 1. The van der Waals surface area contributed by atoms with Crippen LogP contribution in [0.25, 0.3) is 0 Å². The van der Waals surface area contributed by atoms with Crippen LogP contribution >= 0.6 is 11.6 Å². The number of carbonyl (C=O) groups excluding carboxylic acids is 1. The van der Waals surface area contributed by atoms with Crippen molar-refractivity contribution in [2.45, 2.75) is 39.7 Å². The van der Waals surface area contributed by atoms with E-state index >= 15 is 0 Å². The maximum absolute atomic E-state index is 14.8.